The predicted molar refractivity (Wildman–Crippen MR) is 140 cm³/mol. The standard InChI is InChI=1S/C27H34N6O/c1-19-6-7-20(25-14-26(34-31-25)27(2,3)4)13-24(19)30-17-22(15-28)21-12-23(18-29-16-21)33-10-8-32(5)9-11-33/h6-7,12-18H,8-11,28H2,1-5H3. The Morgan fingerprint density at radius 1 is 1.09 bits per heavy atom. The van der Waals surface area contributed by atoms with Crippen LogP contribution in [0.25, 0.3) is 16.8 Å². The van der Waals surface area contributed by atoms with Gasteiger partial charge in [0.1, 0.15) is 11.5 Å². The lowest BCUT2D eigenvalue weighted by atomic mass is 9.93. The molecule has 2 aromatic heterocycles. The first-order valence-corrected chi connectivity index (χ1v) is 11.7. The highest BCUT2D eigenvalue weighted by molar-refractivity contribution is 6.10. The van der Waals surface area contributed by atoms with Crippen molar-refractivity contribution in [2.45, 2.75) is 33.1 Å². The van der Waals surface area contributed by atoms with Crippen molar-refractivity contribution in [3.05, 3.63) is 65.8 Å². The van der Waals surface area contributed by atoms with Crippen LogP contribution < -0.4 is 10.6 Å². The molecule has 7 heteroatoms. The Morgan fingerprint density at radius 3 is 2.53 bits per heavy atom. The van der Waals surface area contributed by atoms with Gasteiger partial charge in [-0.15, -0.1) is 0 Å². The second-order valence-corrected chi connectivity index (χ2v) is 9.93. The van der Waals surface area contributed by atoms with Crippen LogP contribution in [0.3, 0.4) is 0 Å². The molecule has 0 amide bonds. The lowest BCUT2D eigenvalue weighted by Gasteiger charge is -2.34. The molecule has 1 aliphatic rings. The molecule has 178 valence electrons. The van der Waals surface area contributed by atoms with E-state index in [0.29, 0.717) is 0 Å². The molecule has 0 bridgehead atoms. The van der Waals surface area contributed by atoms with Gasteiger partial charge in [-0.25, -0.2) is 0 Å². The Hall–Kier alpha value is -3.45. The van der Waals surface area contributed by atoms with Crippen LogP contribution in [0.4, 0.5) is 11.4 Å². The molecule has 34 heavy (non-hydrogen) atoms. The Kier molecular flexibility index (Phi) is 6.84. The minimum atomic E-state index is -0.0928. The number of hydrogen-bond donors (Lipinski definition) is 1. The molecule has 0 radical (unpaired) electrons. The third-order valence-corrected chi connectivity index (χ3v) is 6.20. The normalized spacial score (nSPS) is 15.9. The van der Waals surface area contributed by atoms with Crippen LogP contribution in [-0.2, 0) is 5.41 Å². The third kappa shape index (κ3) is 5.37. The van der Waals surface area contributed by atoms with Crippen molar-refractivity contribution in [2.24, 2.45) is 10.7 Å². The molecule has 1 aromatic carbocycles. The highest BCUT2D eigenvalue weighted by Gasteiger charge is 2.20. The number of aromatic nitrogens is 2. The van der Waals surface area contributed by atoms with Gasteiger partial charge in [0, 0.05) is 73.0 Å². The van der Waals surface area contributed by atoms with Crippen molar-refractivity contribution in [2.75, 3.05) is 38.1 Å². The lowest BCUT2D eigenvalue weighted by molar-refractivity contribution is 0.313. The van der Waals surface area contributed by atoms with Crippen molar-refractivity contribution >= 4 is 23.2 Å². The van der Waals surface area contributed by atoms with Crippen LogP contribution in [-0.4, -0.2) is 54.5 Å². The maximum atomic E-state index is 5.99. The molecule has 2 N–H and O–H groups in total. The van der Waals surface area contributed by atoms with Gasteiger partial charge in [0.15, 0.2) is 0 Å². The monoisotopic (exact) mass is 458 g/mol. The Bertz CT molecular complexity index is 1200. The van der Waals surface area contributed by atoms with Crippen LogP contribution in [0.2, 0.25) is 0 Å². The van der Waals surface area contributed by atoms with E-state index in [4.69, 9.17) is 15.2 Å². The largest absolute Gasteiger partial charge is 0.404 e. The van der Waals surface area contributed by atoms with Gasteiger partial charge < -0.3 is 20.1 Å². The molecule has 1 fully saturated rings. The molecular formula is C27H34N6O. The topological polar surface area (TPSA) is 83.8 Å². The van der Waals surface area contributed by atoms with Crippen molar-refractivity contribution in [3.63, 3.8) is 0 Å². The van der Waals surface area contributed by atoms with E-state index < -0.39 is 0 Å². The molecule has 0 aliphatic carbocycles. The summed E-state index contributed by atoms with van der Waals surface area (Å²) in [5.41, 5.74) is 12.5. The number of rotatable bonds is 5. The number of nitrogens with zero attached hydrogens (tertiary/aromatic N) is 5. The fourth-order valence-electron chi connectivity index (χ4n) is 3.85. The van der Waals surface area contributed by atoms with Crippen molar-refractivity contribution in [1.29, 1.82) is 0 Å². The second kappa shape index (κ2) is 9.81. The number of piperazine rings is 1. The number of aryl methyl sites for hydroxylation is 1. The van der Waals surface area contributed by atoms with Crippen molar-refractivity contribution in [3.8, 4) is 11.3 Å². The van der Waals surface area contributed by atoms with Crippen LogP contribution in [0.5, 0.6) is 0 Å². The molecule has 3 heterocycles. The van der Waals surface area contributed by atoms with Gasteiger partial charge in [-0.3, -0.25) is 9.98 Å². The number of likely N-dealkylation sites (N-methyl/N-ethyl adjacent to an activating group) is 1. The molecule has 0 unspecified atom stereocenters. The highest BCUT2D eigenvalue weighted by Crippen LogP contribution is 2.31. The number of aliphatic imine (C=N–C) groups is 1. The first kappa shape index (κ1) is 23.7. The minimum absolute atomic E-state index is 0.0928. The molecule has 0 atom stereocenters. The fourth-order valence-corrected chi connectivity index (χ4v) is 3.85. The Balaban J connectivity index is 1.56. The van der Waals surface area contributed by atoms with Crippen molar-refractivity contribution < 1.29 is 4.52 Å². The number of hydrogen-bond acceptors (Lipinski definition) is 7. The highest BCUT2D eigenvalue weighted by atomic mass is 16.5. The molecule has 3 aromatic rings. The maximum absolute atomic E-state index is 5.99. The van der Waals surface area contributed by atoms with Gasteiger partial charge in [0.2, 0.25) is 0 Å². The van der Waals surface area contributed by atoms with Crippen LogP contribution in [0, 0.1) is 6.92 Å². The van der Waals surface area contributed by atoms with E-state index in [1.54, 1.807) is 12.4 Å². The number of pyridine rings is 1. The first-order chi connectivity index (χ1) is 16.2. The van der Waals surface area contributed by atoms with E-state index >= 15 is 0 Å². The summed E-state index contributed by atoms with van der Waals surface area (Å²) in [5.74, 6) is 0.856. The van der Waals surface area contributed by atoms with Gasteiger partial charge in [-0.2, -0.15) is 0 Å². The summed E-state index contributed by atoms with van der Waals surface area (Å²) in [4.78, 5) is 13.9. The Morgan fingerprint density at radius 2 is 1.85 bits per heavy atom. The van der Waals surface area contributed by atoms with E-state index in [9.17, 15) is 0 Å². The number of allylic oxidation sites excluding steroid dienone is 1. The van der Waals surface area contributed by atoms with E-state index in [2.05, 4.69) is 59.9 Å². The Labute approximate surface area is 202 Å². The van der Waals surface area contributed by atoms with E-state index in [0.717, 1.165) is 71.3 Å². The lowest BCUT2D eigenvalue weighted by Crippen LogP contribution is -2.44. The van der Waals surface area contributed by atoms with Gasteiger partial charge in [-0.1, -0.05) is 38.1 Å². The molecule has 1 aliphatic heterocycles. The van der Waals surface area contributed by atoms with Gasteiger partial charge in [-0.05, 0) is 31.7 Å². The van der Waals surface area contributed by atoms with Crippen LogP contribution in [0.15, 0.2) is 58.4 Å². The maximum Gasteiger partial charge on any atom is 0.142 e. The summed E-state index contributed by atoms with van der Waals surface area (Å²) in [6, 6.07) is 10.3. The first-order valence-electron chi connectivity index (χ1n) is 11.7. The summed E-state index contributed by atoms with van der Waals surface area (Å²) in [5, 5.41) is 4.27. The molecule has 7 nitrogen and oxygen atoms in total. The quantitative estimate of drug-likeness (QED) is 0.553. The molecular weight excluding hydrogens is 424 g/mol. The van der Waals surface area contributed by atoms with Gasteiger partial charge in [0.05, 0.1) is 17.6 Å². The second-order valence-electron chi connectivity index (χ2n) is 9.93. The average Bonchev–Trinajstić information content (AvgIpc) is 3.32. The summed E-state index contributed by atoms with van der Waals surface area (Å²) in [6.45, 7) is 12.4. The van der Waals surface area contributed by atoms with E-state index in [1.807, 2.05) is 37.5 Å². The third-order valence-electron chi connectivity index (χ3n) is 6.20. The zero-order chi connectivity index (χ0) is 24.3. The average molecular weight is 459 g/mol. The number of benzene rings is 1. The number of anilines is 1. The van der Waals surface area contributed by atoms with E-state index in [-0.39, 0.29) is 5.41 Å². The zero-order valence-corrected chi connectivity index (χ0v) is 20.7. The molecule has 0 spiro atoms. The van der Waals surface area contributed by atoms with Crippen LogP contribution >= 0.6 is 0 Å². The van der Waals surface area contributed by atoms with Gasteiger partial charge in [0.25, 0.3) is 0 Å². The SMILES string of the molecule is Cc1ccc(-c2cc(C(C)(C)C)on2)cc1N=CC(=CN)c1cncc(N2CCN(C)CC2)c1. The summed E-state index contributed by atoms with van der Waals surface area (Å²) in [7, 11) is 2.15. The fraction of sp³-hybridized carbons (Fsp3) is 0.370. The van der Waals surface area contributed by atoms with Crippen molar-refractivity contribution in [1.82, 2.24) is 15.0 Å². The summed E-state index contributed by atoms with van der Waals surface area (Å²) >= 11 is 0. The zero-order valence-electron chi connectivity index (χ0n) is 20.7. The minimum Gasteiger partial charge on any atom is -0.404 e. The van der Waals surface area contributed by atoms with Crippen LogP contribution in [0.1, 0.15) is 37.7 Å². The number of nitrogens with two attached hydrogens (primary N) is 1. The smallest absolute Gasteiger partial charge is 0.142 e. The summed E-state index contributed by atoms with van der Waals surface area (Å²) in [6.07, 6.45) is 7.13. The van der Waals surface area contributed by atoms with E-state index in [1.165, 1.54) is 0 Å². The van der Waals surface area contributed by atoms with Gasteiger partial charge >= 0.3 is 0 Å². The molecule has 4 rings (SSSR count). The predicted octanol–water partition coefficient (Wildman–Crippen LogP) is 4.80. The molecule has 1 saturated heterocycles. The summed E-state index contributed by atoms with van der Waals surface area (Å²) < 4.78 is 5.57. The molecule has 0 saturated carbocycles.